The van der Waals surface area contributed by atoms with E-state index in [1.165, 1.54) is 20.0 Å². The van der Waals surface area contributed by atoms with Crippen LogP contribution in [0.5, 0.6) is 0 Å². The Labute approximate surface area is 234 Å². The number of rotatable bonds is 9. The Morgan fingerprint density at radius 3 is 2.51 bits per heavy atom. The highest BCUT2D eigenvalue weighted by Crippen LogP contribution is 2.68. The molecule has 0 radical (unpaired) electrons. The summed E-state index contributed by atoms with van der Waals surface area (Å²) >= 11 is 0. The number of carbonyl (C=O) groups is 2. The molecule has 1 N–H and O–H groups in total. The molecule has 0 spiro atoms. The molecule has 4 aliphatic rings. The van der Waals surface area contributed by atoms with Crippen LogP contribution in [0.3, 0.4) is 0 Å². The number of aliphatic hydroxyl groups excluding tert-OH is 1. The van der Waals surface area contributed by atoms with Gasteiger partial charge in [0.15, 0.2) is 5.78 Å². The van der Waals surface area contributed by atoms with E-state index < -0.39 is 6.10 Å². The number of ketones is 1. The van der Waals surface area contributed by atoms with Gasteiger partial charge in [-0.1, -0.05) is 51.1 Å². The first-order valence-electron chi connectivity index (χ1n) is 15.2. The number of benzene rings is 1. The summed E-state index contributed by atoms with van der Waals surface area (Å²) in [4.78, 5) is 25.2. The molecular formula is C33H48O6. The van der Waals surface area contributed by atoms with Crippen LogP contribution < -0.4 is 0 Å². The van der Waals surface area contributed by atoms with E-state index >= 15 is 0 Å². The molecule has 10 atom stereocenters. The molecule has 4 saturated carbocycles. The molecule has 216 valence electrons. The Kier molecular flexibility index (Phi) is 8.57. The van der Waals surface area contributed by atoms with Crippen LogP contribution in [-0.2, 0) is 30.4 Å². The van der Waals surface area contributed by atoms with Crippen molar-refractivity contribution in [3.63, 3.8) is 0 Å². The predicted octanol–water partition coefficient (Wildman–Crippen LogP) is 5.94. The molecule has 0 amide bonds. The zero-order chi connectivity index (χ0) is 27.8. The predicted molar refractivity (Wildman–Crippen MR) is 148 cm³/mol. The third-order valence-corrected chi connectivity index (χ3v) is 11.8. The number of esters is 1. The van der Waals surface area contributed by atoms with Crippen molar-refractivity contribution < 1.29 is 28.9 Å². The van der Waals surface area contributed by atoms with Crippen LogP contribution in [0, 0.1) is 46.3 Å². The van der Waals surface area contributed by atoms with Crippen molar-refractivity contribution in [2.75, 3.05) is 13.9 Å². The minimum atomic E-state index is -0.838. The molecule has 1 aromatic carbocycles. The van der Waals surface area contributed by atoms with Gasteiger partial charge in [0.25, 0.3) is 0 Å². The van der Waals surface area contributed by atoms with Gasteiger partial charge in [0, 0.05) is 12.3 Å². The van der Waals surface area contributed by atoms with Crippen molar-refractivity contribution in [1.82, 2.24) is 0 Å². The number of aliphatic hydroxyl groups is 1. The maximum absolute atomic E-state index is 13.3. The molecule has 4 fully saturated rings. The summed E-state index contributed by atoms with van der Waals surface area (Å²) in [6.07, 6.45) is 7.24. The minimum Gasteiger partial charge on any atom is -0.469 e. The number of fused-ring (bicyclic) bond motifs is 5. The van der Waals surface area contributed by atoms with Crippen molar-refractivity contribution in [3.05, 3.63) is 35.9 Å². The van der Waals surface area contributed by atoms with Crippen molar-refractivity contribution in [1.29, 1.82) is 0 Å². The smallest absolute Gasteiger partial charge is 0.305 e. The van der Waals surface area contributed by atoms with E-state index in [1.807, 2.05) is 18.2 Å². The molecule has 4 aliphatic carbocycles. The average Bonchev–Trinajstić information content (AvgIpc) is 3.30. The van der Waals surface area contributed by atoms with Gasteiger partial charge in [-0.25, -0.2) is 0 Å². The standard InChI is InChI=1S/C33H48O6/c1-21(10-13-29(35)37-4)23-11-12-24-30-25(14-16-32(23,24)2)33(3)17-15-27(34)31(36)26(33)18-28(30)39-20-38-19-22-8-6-5-7-9-22/h5-9,21,23-28,30,34H,10-20H2,1-4H3/t21-,23-,24+,25+,26-,27+,28-,30+,32-,33-/m1/s1. The van der Waals surface area contributed by atoms with Gasteiger partial charge in [0.2, 0.25) is 0 Å². The molecular weight excluding hydrogens is 492 g/mol. The lowest BCUT2D eigenvalue weighted by Gasteiger charge is -2.62. The number of carbonyl (C=O) groups excluding carboxylic acids is 2. The highest BCUT2D eigenvalue weighted by Gasteiger charge is 2.64. The van der Waals surface area contributed by atoms with Gasteiger partial charge in [-0.2, -0.15) is 0 Å². The summed E-state index contributed by atoms with van der Waals surface area (Å²) in [6.45, 7) is 7.85. The van der Waals surface area contributed by atoms with E-state index in [0.29, 0.717) is 55.5 Å². The second kappa shape index (κ2) is 11.6. The quantitative estimate of drug-likeness (QED) is 0.237. The second-order valence-corrected chi connectivity index (χ2v) is 13.5. The van der Waals surface area contributed by atoms with E-state index in [4.69, 9.17) is 14.2 Å². The van der Waals surface area contributed by atoms with Crippen molar-refractivity contribution in [2.45, 2.75) is 97.4 Å². The molecule has 39 heavy (non-hydrogen) atoms. The van der Waals surface area contributed by atoms with Gasteiger partial charge in [0.05, 0.1) is 19.8 Å². The van der Waals surface area contributed by atoms with Crippen LogP contribution in [0.2, 0.25) is 0 Å². The van der Waals surface area contributed by atoms with E-state index in [9.17, 15) is 14.7 Å². The Hall–Kier alpha value is -1.76. The van der Waals surface area contributed by atoms with Gasteiger partial charge >= 0.3 is 5.97 Å². The molecule has 1 aromatic rings. The van der Waals surface area contributed by atoms with Gasteiger partial charge in [-0.15, -0.1) is 0 Å². The van der Waals surface area contributed by atoms with Crippen LogP contribution in [0.25, 0.3) is 0 Å². The van der Waals surface area contributed by atoms with Gasteiger partial charge in [-0.3, -0.25) is 9.59 Å². The molecule has 6 nitrogen and oxygen atoms in total. The highest BCUT2D eigenvalue weighted by molar-refractivity contribution is 5.87. The molecule has 0 aromatic heterocycles. The first-order chi connectivity index (χ1) is 18.7. The van der Waals surface area contributed by atoms with E-state index in [0.717, 1.165) is 31.2 Å². The van der Waals surface area contributed by atoms with Crippen molar-refractivity contribution >= 4 is 11.8 Å². The monoisotopic (exact) mass is 540 g/mol. The molecule has 6 heteroatoms. The third-order valence-electron chi connectivity index (χ3n) is 11.8. The third kappa shape index (κ3) is 5.34. The van der Waals surface area contributed by atoms with Gasteiger partial charge in [0.1, 0.15) is 12.9 Å². The number of Topliss-reactive ketones (excluding diaryl/α,β-unsaturated/α-hetero) is 1. The largest absolute Gasteiger partial charge is 0.469 e. The number of methoxy groups -OCH3 is 1. The number of hydrogen-bond donors (Lipinski definition) is 1. The first kappa shape index (κ1) is 28.8. The van der Waals surface area contributed by atoms with Crippen LogP contribution in [-0.4, -0.2) is 43.0 Å². The molecule has 0 bridgehead atoms. The van der Waals surface area contributed by atoms with Crippen LogP contribution in [0.15, 0.2) is 30.3 Å². The topological polar surface area (TPSA) is 82.1 Å². The fraction of sp³-hybridized carbons (Fsp3) is 0.758. The highest BCUT2D eigenvalue weighted by atomic mass is 16.7. The fourth-order valence-electron chi connectivity index (χ4n) is 9.70. The Bertz CT molecular complexity index is 1010. The van der Waals surface area contributed by atoms with Gasteiger partial charge < -0.3 is 19.3 Å². The fourth-order valence-corrected chi connectivity index (χ4v) is 9.70. The lowest BCUT2D eigenvalue weighted by atomic mass is 9.43. The van der Waals surface area contributed by atoms with Crippen LogP contribution in [0.1, 0.15) is 84.1 Å². The first-order valence-corrected chi connectivity index (χ1v) is 15.2. The van der Waals surface area contributed by atoms with E-state index in [-0.39, 0.29) is 41.4 Å². The lowest BCUT2D eigenvalue weighted by molar-refractivity contribution is -0.210. The van der Waals surface area contributed by atoms with Crippen LogP contribution in [0.4, 0.5) is 0 Å². The SMILES string of the molecule is COC(=O)CC[C@@H](C)[C@H]1CC[C@H]2[C@@H]3[C@H](OCOCc4ccccc4)C[C@@H]4C(=O)[C@@H](O)CC[C@]4(C)[C@H]3CC[C@]12C. The summed E-state index contributed by atoms with van der Waals surface area (Å²) in [5, 5.41) is 10.5. The second-order valence-electron chi connectivity index (χ2n) is 13.5. The summed E-state index contributed by atoms with van der Waals surface area (Å²) < 4.78 is 17.5. The van der Waals surface area contributed by atoms with Gasteiger partial charge in [-0.05, 0) is 97.3 Å². The Morgan fingerprint density at radius 2 is 1.77 bits per heavy atom. The molecule has 0 saturated heterocycles. The number of ether oxygens (including phenoxy) is 3. The normalized spacial score (nSPS) is 40.3. The molecule has 5 rings (SSSR count). The molecule has 0 heterocycles. The Balaban J connectivity index is 1.35. The maximum atomic E-state index is 13.3. The average molecular weight is 541 g/mol. The summed E-state index contributed by atoms with van der Waals surface area (Å²) in [5.41, 5.74) is 1.23. The number of hydrogen-bond acceptors (Lipinski definition) is 6. The summed E-state index contributed by atoms with van der Waals surface area (Å²) in [7, 11) is 1.47. The summed E-state index contributed by atoms with van der Waals surface area (Å²) in [6, 6.07) is 10.1. The maximum Gasteiger partial charge on any atom is 0.305 e. The van der Waals surface area contributed by atoms with E-state index in [1.54, 1.807) is 0 Å². The van der Waals surface area contributed by atoms with Crippen molar-refractivity contribution in [2.24, 2.45) is 46.3 Å². The summed E-state index contributed by atoms with van der Waals surface area (Å²) in [5.74, 6) is 2.11. The zero-order valence-corrected chi connectivity index (χ0v) is 24.3. The zero-order valence-electron chi connectivity index (χ0n) is 24.3. The lowest BCUT2D eigenvalue weighted by Crippen LogP contribution is -2.61. The molecule has 0 aliphatic heterocycles. The minimum absolute atomic E-state index is 0.0232. The molecule has 0 unspecified atom stereocenters. The van der Waals surface area contributed by atoms with Crippen molar-refractivity contribution in [3.8, 4) is 0 Å². The van der Waals surface area contributed by atoms with E-state index in [2.05, 4.69) is 32.9 Å². The Morgan fingerprint density at radius 1 is 1.05 bits per heavy atom. The van der Waals surface area contributed by atoms with Crippen LogP contribution >= 0.6 is 0 Å².